The molecule has 2 amide bonds. The van der Waals surface area contributed by atoms with Gasteiger partial charge in [-0.2, -0.15) is 0 Å². The van der Waals surface area contributed by atoms with E-state index in [0.717, 1.165) is 0 Å². The monoisotopic (exact) mass is 382 g/mol. The number of carboxylic acid groups (broad SMARTS) is 1. The Morgan fingerprint density at radius 3 is 2.35 bits per heavy atom. The maximum Gasteiger partial charge on any atom is 0.326 e. The predicted molar refractivity (Wildman–Crippen MR) is 82.6 cm³/mol. The zero-order valence-corrected chi connectivity index (χ0v) is 13.8. The molecule has 3 N–H and O–H groups in total. The van der Waals surface area contributed by atoms with Crippen LogP contribution >= 0.6 is 39.1 Å². The molecule has 0 aliphatic heterocycles. The third-order valence-corrected chi connectivity index (χ3v) is 4.27. The third-order valence-electron chi connectivity index (χ3n) is 2.50. The predicted octanol–water partition coefficient (Wildman–Crippen LogP) is 3.99. The van der Waals surface area contributed by atoms with Gasteiger partial charge in [-0.25, -0.2) is 9.59 Å². The topological polar surface area (TPSA) is 78.4 Å². The second kappa shape index (κ2) is 7.15. The zero-order valence-electron chi connectivity index (χ0n) is 10.7. The summed E-state index contributed by atoms with van der Waals surface area (Å²) in [6.45, 7) is 3.39. The van der Waals surface area contributed by atoms with Gasteiger partial charge in [0.1, 0.15) is 6.04 Å². The van der Waals surface area contributed by atoms with E-state index in [0.29, 0.717) is 10.2 Å². The number of carboxylic acids is 1. The molecule has 0 saturated heterocycles. The van der Waals surface area contributed by atoms with Gasteiger partial charge in [-0.1, -0.05) is 37.0 Å². The second-order valence-corrected chi connectivity index (χ2v) is 5.99. The largest absolute Gasteiger partial charge is 0.480 e. The number of aliphatic carboxylic acids is 1. The first-order valence-corrected chi connectivity index (χ1v) is 7.22. The molecular weight excluding hydrogens is 371 g/mol. The molecule has 0 unspecified atom stereocenters. The number of halogens is 3. The van der Waals surface area contributed by atoms with Crippen LogP contribution in [0.3, 0.4) is 0 Å². The molecular formula is C12H13BrCl2N2O3. The molecule has 0 radical (unpaired) electrons. The molecule has 0 fully saturated rings. The molecule has 0 saturated carbocycles. The van der Waals surface area contributed by atoms with Gasteiger partial charge in [0.05, 0.1) is 15.7 Å². The standard InChI is InChI=1S/C12H13BrCl2N2O3/c1-5(2)10(11(18)19)17-12(20)16-7-4-3-6(13)8(14)9(7)15/h3-5,10H,1-2H3,(H,18,19)(H2,16,17,20)/t10-/m0/s1. The van der Waals surface area contributed by atoms with Gasteiger partial charge in [0.2, 0.25) is 0 Å². The molecule has 1 aromatic rings. The maximum atomic E-state index is 11.8. The minimum absolute atomic E-state index is 0.174. The summed E-state index contributed by atoms with van der Waals surface area (Å²) < 4.78 is 0.598. The smallest absolute Gasteiger partial charge is 0.326 e. The normalized spacial score (nSPS) is 12.1. The average Bonchev–Trinajstić information content (AvgIpc) is 2.36. The summed E-state index contributed by atoms with van der Waals surface area (Å²) in [6.07, 6.45) is 0. The number of amides is 2. The molecule has 0 aliphatic rings. The summed E-state index contributed by atoms with van der Waals surface area (Å²) in [5.74, 6) is -1.35. The fraction of sp³-hybridized carbons (Fsp3) is 0.333. The van der Waals surface area contributed by atoms with Crippen LogP contribution in [-0.4, -0.2) is 23.1 Å². The number of rotatable bonds is 4. The summed E-state index contributed by atoms with van der Waals surface area (Å²) in [5, 5.41) is 14.3. The Hall–Kier alpha value is -0.980. The van der Waals surface area contributed by atoms with Crippen LogP contribution in [0.1, 0.15) is 13.8 Å². The highest BCUT2D eigenvalue weighted by Gasteiger charge is 2.23. The fourth-order valence-electron chi connectivity index (χ4n) is 1.44. The number of carbonyl (C=O) groups is 2. The SMILES string of the molecule is CC(C)[C@H](NC(=O)Nc1ccc(Br)c(Cl)c1Cl)C(=O)O. The molecule has 20 heavy (non-hydrogen) atoms. The van der Waals surface area contributed by atoms with E-state index in [-0.39, 0.29) is 16.0 Å². The van der Waals surface area contributed by atoms with E-state index in [1.54, 1.807) is 26.0 Å². The van der Waals surface area contributed by atoms with Crippen molar-refractivity contribution in [2.45, 2.75) is 19.9 Å². The minimum Gasteiger partial charge on any atom is -0.480 e. The molecule has 1 atom stereocenters. The lowest BCUT2D eigenvalue weighted by atomic mass is 10.1. The van der Waals surface area contributed by atoms with Crippen molar-refractivity contribution in [2.24, 2.45) is 5.92 Å². The molecule has 0 aliphatic carbocycles. The number of nitrogens with one attached hydrogen (secondary N) is 2. The lowest BCUT2D eigenvalue weighted by Crippen LogP contribution is -2.46. The Kier molecular flexibility index (Phi) is 6.10. The minimum atomic E-state index is -1.10. The summed E-state index contributed by atoms with van der Waals surface area (Å²) >= 11 is 15.1. The van der Waals surface area contributed by atoms with E-state index in [2.05, 4.69) is 26.6 Å². The zero-order chi connectivity index (χ0) is 15.4. The first-order valence-electron chi connectivity index (χ1n) is 5.67. The van der Waals surface area contributed by atoms with E-state index < -0.39 is 18.0 Å². The van der Waals surface area contributed by atoms with Gasteiger partial charge >= 0.3 is 12.0 Å². The van der Waals surface area contributed by atoms with E-state index >= 15 is 0 Å². The van der Waals surface area contributed by atoms with Crippen molar-refractivity contribution in [3.8, 4) is 0 Å². The Morgan fingerprint density at radius 1 is 1.25 bits per heavy atom. The van der Waals surface area contributed by atoms with Gasteiger partial charge in [0.15, 0.2) is 0 Å². The van der Waals surface area contributed by atoms with Gasteiger partial charge in [0.25, 0.3) is 0 Å². The summed E-state index contributed by atoms with van der Waals surface area (Å²) in [7, 11) is 0. The van der Waals surface area contributed by atoms with Crippen LogP contribution in [0.5, 0.6) is 0 Å². The molecule has 5 nitrogen and oxygen atoms in total. The van der Waals surface area contributed by atoms with E-state index in [1.165, 1.54) is 0 Å². The number of benzene rings is 1. The van der Waals surface area contributed by atoms with Crippen molar-refractivity contribution < 1.29 is 14.7 Å². The highest BCUT2D eigenvalue weighted by molar-refractivity contribution is 9.10. The van der Waals surface area contributed by atoms with Gasteiger partial charge in [0, 0.05) is 4.47 Å². The Labute approximate surface area is 134 Å². The van der Waals surface area contributed by atoms with Crippen LogP contribution in [-0.2, 0) is 4.79 Å². The summed E-state index contributed by atoms with van der Waals surface area (Å²) in [6, 6.07) is 1.54. The highest BCUT2D eigenvalue weighted by Crippen LogP contribution is 2.35. The van der Waals surface area contributed by atoms with Crippen molar-refractivity contribution in [3.63, 3.8) is 0 Å². The molecule has 0 heterocycles. The number of anilines is 1. The maximum absolute atomic E-state index is 11.8. The third kappa shape index (κ3) is 4.26. The number of carbonyl (C=O) groups excluding carboxylic acids is 1. The van der Waals surface area contributed by atoms with Crippen molar-refractivity contribution in [1.82, 2.24) is 5.32 Å². The first kappa shape index (κ1) is 17.1. The van der Waals surface area contributed by atoms with Crippen LogP contribution in [0.15, 0.2) is 16.6 Å². The highest BCUT2D eigenvalue weighted by atomic mass is 79.9. The summed E-state index contributed by atoms with van der Waals surface area (Å²) in [5.41, 5.74) is 0.297. The van der Waals surface area contributed by atoms with Crippen LogP contribution < -0.4 is 10.6 Å². The first-order chi connectivity index (χ1) is 9.23. The second-order valence-electron chi connectivity index (χ2n) is 4.38. The average molecular weight is 384 g/mol. The van der Waals surface area contributed by atoms with Gasteiger partial charge in [-0.05, 0) is 34.0 Å². The molecule has 1 rings (SSSR count). The molecule has 0 bridgehead atoms. The van der Waals surface area contributed by atoms with Crippen molar-refractivity contribution in [3.05, 3.63) is 26.7 Å². The van der Waals surface area contributed by atoms with E-state index in [4.69, 9.17) is 28.3 Å². The Balaban J connectivity index is 2.81. The van der Waals surface area contributed by atoms with Gasteiger partial charge in [-0.15, -0.1) is 0 Å². The lowest BCUT2D eigenvalue weighted by molar-refractivity contribution is -0.140. The van der Waals surface area contributed by atoms with Gasteiger partial charge in [-0.3, -0.25) is 0 Å². The molecule has 0 spiro atoms. The summed E-state index contributed by atoms with van der Waals surface area (Å²) in [4.78, 5) is 22.8. The van der Waals surface area contributed by atoms with Crippen molar-refractivity contribution in [2.75, 3.05) is 5.32 Å². The molecule has 1 aromatic carbocycles. The fourth-order valence-corrected chi connectivity index (χ4v) is 2.26. The van der Waals surface area contributed by atoms with Crippen LogP contribution in [0, 0.1) is 5.92 Å². The van der Waals surface area contributed by atoms with E-state index in [9.17, 15) is 9.59 Å². The van der Waals surface area contributed by atoms with Crippen LogP contribution in [0.2, 0.25) is 10.0 Å². The van der Waals surface area contributed by atoms with Gasteiger partial charge < -0.3 is 15.7 Å². The Morgan fingerprint density at radius 2 is 1.85 bits per heavy atom. The number of hydrogen-bond donors (Lipinski definition) is 3. The lowest BCUT2D eigenvalue weighted by Gasteiger charge is -2.18. The van der Waals surface area contributed by atoms with Crippen molar-refractivity contribution in [1.29, 1.82) is 0 Å². The number of urea groups is 1. The van der Waals surface area contributed by atoms with Crippen LogP contribution in [0.4, 0.5) is 10.5 Å². The molecule has 0 aromatic heterocycles. The van der Waals surface area contributed by atoms with E-state index in [1.807, 2.05) is 0 Å². The molecule has 8 heteroatoms. The number of hydrogen-bond acceptors (Lipinski definition) is 2. The quantitative estimate of drug-likeness (QED) is 0.688. The molecule has 110 valence electrons. The van der Waals surface area contributed by atoms with Crippen LogP contribution in [0.25, 0.3) is 0 Å². The Bertz CT molecular complexity index is 538. The van der Waals surface area contributed by atoms with Crippen molar-refractivity contribution >= 4 is 56.8 Å².